The van der Waals surface area contributed by atoms with Gasteiger partial charge in [-0.05, 0) is 46.7 Å². The van der Waals surface area contributed by atoms with Crippen LogP contribution in [0.3, 0.4) is 0 Å². The van der Waals surface area contributed by atoms with Crippen molar-refractivity contribution in [2.75, 3.05) is 0 Å². The zero-order chi connectivity index (χ0) is 16.9. The number of hydrogen-bond acceptors (Lipinski definition) is 2. The molecule has 1 spiro atoms. The lowest BCUT2D eigenvalue weighted by Gasteiger charge is -2.30. The molecule has 2 nitrogen and oxygen atoms in total. The molecule has 0 unspecified atom stereocenters. The molecule has 25 heavy (non-hydrogen) atoms. The summed E-state index contributed by atoms with van der Waals surface area (Å²) in [6.07, 6.45) is 7.04. The smallest absolute Gasteiger partial charge is 0.178 e. The fraction of sp³-hybridized carbons (Fsp3) is 0.0870. The van der Waals surface area contributed by atoms with Gasteiger partial charge in [0, 0.05) is 5.56 Å². The summed E-state index contributed by atoms with van der Waals surface area (Å²) in [5.74, 6) is 0.897. The van der Waals surface area contributed by atoms with Gasteiger partial charge in [-0.2, -0.15) is 0 Å². The highest BCUT2D eigenvalue weighted by atomic mass is 16.5. The van der Waals surface area contributed by atoms with E-state index in [0.29, 0.717) is 0 Å². The Hall–Kier alpha value is -3.13. The van der Waals surface area contributed by atoms with Gasteiger partial charge in [-0.3, -0.25) is 4.79 Å². The Morgan fingerprint density at radius 3 is 2.32 bits per heavy atom. The Morgan fingerprint density at radius 1 is 0.800 bits per heavy atom. The van der Waals surface area contributed by atoms with E-state index in [9.17, 15) is 4.79 Å². The zero-order valence-electron chi connectivity index (χ0n) is 13.6. The highest BCUT2D eigenvalue weighted by Crippen LogP contribution is 2.52. The van der Waals surface area contributed by atoms with E-state index in [0.717, 1.165) is 5.75 Å². The Morgan fingerprint density at radius 2 is 1.52 bits per heavy atom. The molecule has 2 heteroatoms. The molecule has 3 aromatic carbocycles. The summed E-state index contributed by atoms with van der Waals surface area (Å²) in [7, 11) is 0. The van der Waals surface area contributed by atoms with Crippen molar-refractivity contribution >= 4 is 16.6 Å². The first-order chi connectivity index (χ1) is 12.3. The lowest BCUT2D eigenvalue weighted by atomic mass is 9.76. The molecule has 0 radical (unpaired) electrons. The Balaban J connectivity index is 1.82. The van der Waals surface area contributed by atoms with Crippen LogP contribution in [-0.4, -0.2) is 11.4 Å². The van der Waals surface area contributed by atoms with Crippen LogP contribution in [0, 0.1) is 0 Å². The summed E-state index contributed by atoms with van der Waals surface area (Å²) >= 11 is 0. The summed E-state index contributed by atoms with van der Waals surface area (Å²) in [5.41, 5.74) is 1.72. The van der Waals surface area contributed by atoms with E-state index in [1.807, 2.05) is 36.4 Å². The summed E-state index contributed by atoms with van der Waals surface area (Å²) in [4.78, 5) is 11.7. The molecular weight excluding hydrogens is 308 g/mol. The van der Waals surface area contributed by atoms with Crippen molar-refractivity contribution in [2.45, 2.75) is 11.5 Å². The molecule has 1 aliphatic carbocycles. The topological polar surface area (TPSA) is 26.3 Å². The van der Waals surface area contributed by atoms with Crippen molar-refractivity contribution in [2.24, 2.45) is 0 Å². The molecule has 0 fully saturated rings. The predicted molar refractivity (Wildman–Crippen MR) is 98.9 cm³/mol. The number of carbonyl (C=O) groups is 1. The maximum Gasteiger partial charge on any atom is 0.178 e. The monoisotopic (exact) mass is 324 g/mol. The second kappa shape index (κ2) is 5.18. The second-order valence-electron chi connectivity index (χ2n) is 6.57. The van der Waals surface area contributed by atoms with E-state index >= 15 is 0 Å². The van der Waals surface area contributed by atoms with Gasteiger partial charge >= 0.3 is 0 Å². The van der Waals surface area contributed by atoms with Gasteiger partial charge in [0.15, 0.2) is 11.4 Å². The van der Waals surface area contributed by atoms with Crippen molar-refractivity contribution in [3.05, 3.63) is 102 Å². The first-order valence-electron chi connectivity index (χ1n) is 8.45. The number of benzene rings is 3. The van der Waals surface area contributed by atoms with Gasteiger partial charge in [-0.25, -0.2) is 0 Å². The molecule has 0 bridgehead atoms. The normalized spacial score (nSPS) is 20.0. The quantitative estimate of drug-likeness (QED) is 0.643. The van der Waals surface area contributed by atoms with Crippen molar-refractivity contribution in [1.29, 1.82) is 0 Å². The Labute approximate surface area is 146 Å². The van der Waals surface area contributed by atoms with Gasteiger partial charge in [-0.1, -0.05) is 60.7 Å². The van der Waals surface area contributed by atoms with E-state index in [1.165, 1.54) is 21.9 Å². The third kappa shape index (κ3) is 2.07. The molecule has 2 aliphatic rings. The number of allylic oxidation sites excluding steroid dienone is 2. The molecule has 1 aliphatic heterocycles. The van der Waals surface area contributed by atoms with Gasteiger partial charge in [0.2, 0.25) is 0 Å². The van der Waals surface area contributed by atoms with Crippen LogP contribution < -0.4 is 4.74 Å². The molecule has 1 atom stereocenters. The maximum atomic E-state index is 11.7. The summed E-state index contributed by atoms with van der Waals surface area (Å²) in [5, 5.41) is 2.40. The molecule has 0 amide bonds. The zero-order valence-corrected chi connectivity index (χ0v) is 13.6. The van der Waals surface area contributed by atoms with Crippen molar-refractivity contribution in [3.8, 4) is 5.75 Å². The number of fused-ring (bicyclic) bond motifs is 3. The van der Waals surface area contributed by atoms with E-state index in [2.05, 4.69) is 42.5 Å². The second-order valence-corrected chi connectivity index (χ2v) is 6.57. The van der Waals surface area contributed by atoms with Crippen LogP contribution in [0.4, 0.5) is 0 Å². The van der Waals surface area contributed by atoms with E-state index in [1.54, 1.807) is 12.2 Å². The van der Waals surface area contributed by atoms with Crippen molar-refractivity contribution in [1.82, 2.24) is 0 Å². The summed E-state index contributed by atoms with van der Waals surface area (Å²) in [6, 6.07) is 22.9. The molecular formula is C23H16O2. The molecule has 5 rings (SSSR count). The summed E-state index contributed by atoms with van der Waals surface area (Å²) in [6.45, 7) is 0. The number of rotatable bonds is 1. The third-order valence-corrected chi connectivity index (χ3v) is 5.11. The standard InChI is InChI=1S/C23H16O2/c24-18-12-14-23(15-13-18)22(17-7-2-1-3-8-17)21-19-9-5-4-6-16(19)10-11-20(21)25-23/h1-15,22H/t22-/m1/s1. The van der Waals surface area contributed by atoms with E-state index in [-0.39, 0.29) is 11.7 Å². The largest absolute Gasteiger partial charge is 0.478 e. The number of ether oxygens (including phenoxy) is 1. The minimum atomic E-state index is -0.651. The predicted octanol–water partition coefficient (Wildman–Crippen LogP) is 4.80. The van der Waals surface area contributed by atoms with E-state index < -0.39 is 5.60 Å². The van der Waals surface area contributed by atoms with Gasteiger partial charge in [0.25, 0.3) is 0 Å². The fourth-order valence-corrected chi connectivity index (χ4v) is 4.01. The highest BCUT2D eigenvalue weighted by Gasteiger charge is 2.47. The molecule has 0 saturated heterocycles. The van der Waals surface area contributed by atoms with Crippen LogP contribution in [0.15, 0.2) is 91.0 Å². The lowest BCUT2D eigenvalue weighted by Crippen LogP contribution is -2.36. The Kier molecular flexibility index (Phi) is 2.95. The molecule has 0 aromatic heterocycles. The van der Waals surface area contributed by atoms with Crippen LogP contribution in [0.1, 0.15) is 17.0 Å². The van der Waals surface area contributed by atoms with Gasteiger partial charge in [0.05, 0.1) is 5.92 Å². The van der Waals surface area contributed by atoms with Gasteiger partial charge in [-0.15, -0.1) is 0 Å². The minimum Gasteiger partial charge on any atom is -0.478 e. The average Bonchev–Trinajstić information content (AvgIpc) is 2.99. The number of carbonyl (C=O) groups excluding carboxylic acids is 1. The first-order valence-corrected chi connectivity index (χ1v) is 8.45. The molecule has 120 valence electrons. The Bertz CT molecular complexity index is 1030. The highest BCUT2D eigenvalue weighted by molar-refractivity contribution is 6.01. The van der Waals surface area contributed by atoms with Crippen LogP contribution in [0.5, 0.6) is 5.75 Å². The molecule has 1 heterocycles. The molecule has 0 N–H and O–H groups in total. The van der Waals surface area contributed by atoms with Crippen LogP contribution in [0.25, 0.3) is 10.8 Å². The van der Waals surface area contributed by atoms with E-state index in [4.69, 9.17) is 4.74 Å². The summed E-state index contributed by atoms with van der Waals surface area (Å²) < 4.78 is 6.43. The first kappa shape index (κ1) is 14.2. The number of hydrogen-bond donors (Lipinski definition) is 0. The minimum absolute atomic E-state index is 0.00171. The van der Waals surface area contributed by atoms with Crippen LogP contribution in [-0.2, 0) is 4.79 Å². The van der Waals surface area contributed by atoms with Crippen molar-refractivity contribution in [3.63, 3.8) is 0 Å². The van der Waals surface area contributed by atoms with Crippen molar-refractivity contribution < 1.29 is 9.53 Å². The number of ketones is 1. The fourth-order valence-electron chi connectivity index (χ4n) is 4.01. The van der Waals surface area contributed by atoms with Crippen LogP contribution >= 0.6 is 0 Å². The lowest BCUT2D eigenvalue weighted by molar-refractivity contribution is -0.110. The SMILES string of the molecule is O=C1C=CC2(C=C1)Oc1ccc3ccccc3c1[C@H]2c1ccccc1. The molecule has 3 aromatic rings. The third-order valence-electron chi connectivity index (χ3n) is 5.11. The molecule has 0 saturated carbocycles. The van der Waals surface area contributed by atoms with Crippen LogP contribution in [0.2, 0.25) is 0 Å². The van der Waals surface area contributed by atoms with Gasteiger partial charge < -0.3 is 4.74 Å². The average molecular weight is 324 g/mol. The van der Waals surface area contributed by atoms with Gasteiger partial charge in [0.1, 0.15) is 5.75 Å². The maximum absolute atomic E-state index is 11.7.